The Labute approximate surface area is 121 Å². The van der Waals surface area contributed by atoms with E-state index in [-0.39, 0.29) is 0 Å². The summed E-state index contributed by atoms with van der Waals surface area (Å²) in [5.74, 6) is 1.19. The van der Waals surface area contributed by atoms with Crippen LogP contribution in [0.1, 0.15) is 18.3 Å². The molecule has 1 N–H and O–H groups in total. The summed E-state index contributed by atoms with van der Waals surface area (Å²) in [6, 6.07) is 8.63. The summed E-state index contributed by atoms with van der Waals surface area (Å²) in [4.78, 5) is 8.37. The zero-order chi connectivity index (χ0) is 13.8. The first kappa shape index (κ1) is 13.6. The van der Waals surface area contributed by atoms with Crippen molar-refractivity contribution in [1.82, 2.24) is 9.97 Å². The monoisotopic (exact) mass is 292 g/mol. The standard InChI is InChI=1S/C13H10Cl2N4/c1-2-12-18-11(15)6-13(19-12)17-10-5-8(7-16)3-4-9(10)14/h3-6H,2H2,1H3,(H,17,18,19). The number of hydrogen-bond donors (Lipinski definition) is 1. The van der Waals surface area contributed by atoms with Crippen molar-refractivity contribution in [2.45, 2.75) is 13.3 Å². The maximum absolute atomic E-state index is 8.88. The van der Waals surface area contributed by atoms with Crippen molar-refractivity contribution in [2.75, 3.05) is 5.32 Å². The molecule has 0 radical (unpaired) electrons. The number of aryl methyl sites for hydroxylation is 1. The summed E-state index contributed by atoms with van der Waals surface area (Å²) in [6.07, 6.45) is 0.682. The van der Waals surface area contributed by atoms with E-state index in [0.29, 0.717) is 39.5 Å². The van der Waals surface area contributed by atoms with Crippen LogP contribution in [0.25, 0.3) is 0 Å². The molecular weight excluding hydrogens is 283 g/mol. The Balaban J connectivity index is 2.36. The van der Waals surface area contributed by atoms with Gasteiger partial charge in [-0.3, -0.25) is 0 Å². The number of benzene rings is 1. The highest BCUT2D eigenvalue weighted by Gasteiger charge is 2.06. The molecule has 96 valence electrons. The van der Waals surface area contributed by atoms with Crippen molar-refractivity contribution < 1.29 is 0 Å². The van der Waals surface area contributed by atoms with Gasteiger partial charge in [-0.2, -0.15) is 5.26 Å². The van der Waals surface area contributed by atoms with Crippen LogP contribution in [0.2, 0.25) is 10.2 Å². The molecule has 0 bridgehead atoms. The van der Waals surface area contributed by atoms with E-state index in [1.165, 1.54) is 0 Å². The molecule has 0 aliphatic rings. The lowest BCUT2D eigenvalue weighted by Crippen LogP contribution is -2.00. The van der Waals surface area contributed by atoms with Gasteiger partial charge in [-0.05, 0) is 18.2 Å². The first-order valence-corrected chi connectivity index (χ1v) is 6.38. The summed E-state index contributed by atoms with van der Waals surface area (Å²) in [6.45, 7) is 1.94. The van der Waals surface area contributed by atoms with Gasteiger partial charge in [-0.1, -0.05) is 30.1 Å². The minimum atomic E-state index is 0.363. The van der Waals surface area contributed by atoms with Crippen LogP contribution in [0, 0.1) is 11.3 Å². The van der Waals surface area contributed by atoms with Crippen molar-refractivity contribution >= 4 is 34.7 Å². The van der Waals surface area contributed by atoms with E-state index >= 15 is 0 Å². The van der Waals surface area contributed by atoms with E-state index in [1.807, 2.05) is 6.92 Å². The highest BCUT2D eigenvalue weighted by atomic mass is 35.5. The highest BCUT2D eigenvalue weighted by molar-refractivity contribution is 6.33. The number of nitrogens with one attached hydrogen (secondary N) is 1. The lowest BCUT2D eigenvalue weighted by molar-refractivity contribution is 0.943. The highest BCUT2D eigenvalue weighted by Crippen LogP contribution is 2.26. The van der Waals surface area contributed by atoms with Gasteiger partial charge in [0.15, 0.2) is 0 Å². The molecule has 0 fully saturated rings. The van der Waals surface area contributed by atoms with E-state index in [0.717, 1.165) is 0 Å². The third-order valence-electron chi connectivity index (χ3n) is 2.42. The summed E-state index contributed by atoms with van der Waals surface area (Å²) in [5.41, 5.74) is 1.13. The lowest BCUT2D eigenvalue weighted by atomic mass is 10.2. The Hall–Kier alpha value is -1.83. The second-order valence-corrected chi connectivity index (χ2v) is 4.57. The predicted octanol–water partition coefficient (Wildman–Crippen LogP) is 3.96. The van der Waals surface area contributed by atoms with Crippen molar-refractivity contribution in [3.05, 3.63) is 45.8 Å². The minimum Gasteiger partial charge on any atom is -0.339 e. The van der Waals surface area contributed by atoms with Gasteiger partial charge in [0, 0.05) is 12.5 Å². The van der Waals surface area contributed by atoms with Gasteiger partial charge >= 0.3 is 0 Å². The van der Waals surface area contributed by atoms with Gasteiger partial charge in [0.2, 0.25) is 0 Å². The molecule has 0 unspecified atom stereocenters. The smallest absolute Gasteiger partial charge is 0.135 e. The Morgan fingerprint density at radius 3 is 2.74 bits per heavy atom. The number of aromatic nitrogens is 2. The lowest BCUT2D eigenvalue weighted by Gasteiger charge is -2.09. The molecule has 0 atom stereocenters. The number of nitriles is 1. The molecule has 0 amide bonds. The Morgan fingerprint density at radius 1 is 1.26 bits per heavy atom. The van der Waals surface area contributed by atoms with E-state index in [9.17, 15) is 0 Å². The molecule has 1 aromatic carbocycles. The first-order chi connectivity index (χ1) is 9.12. The Morgan fingerprint density at radius 2 is 2.05 bits per heavy atom. The number of nitrogens with zero attached hydrogens (tertiary/aromatic N) is 3. The van der Waals surface area contributed by atoms with Crippen molar-refractivity contribution in [2.24, 2.45) is 0 Å². The maximum Gasteiger partial charge on any atom is 0.135 e. The molecule has 0 saturated heterocycles. The molecule has 2 rings (SSSR count). The van der Waals surface area contributed by atoms with Gasteiger partial charge in [-0.25, -0.2) is 9.97 Å². The average molecular weight is 293 g/mol. The Bertz CT molecular complexity index is 650. The molecule has 0 aliphatic heterocycles. The molecule has 19 heavy (non-hydrogen) atoms. The van der Waals surface area contributed by atoms with Crippen molar-refractivity contribution in [3.63, 3.8) is 0 Å². The van der Waals surface area contributed by atoms with E-state index < -0.39 is 0 Å². The second-order valence-electron chi connectivity index (χ2n) is 3.78. The largest absolute Gasteiger partial charge is 0.339 e. The molecule has 2 aromatic rings. The first-order valence-electron chi connectivity index (χ1n) is 5.62. The summed E-state index contributed by atoms with van der Waals surface area (Å²) in [5, 5.41) is 12.8. The predicted molar refractivity (Wildman–Crippen MR) is 75.9 cm³/mol. The molecule has 0 aliphatic carbocycles. The molecule has 1 aromatic heterocycles. The number of rotatable bonds is 3. The summed E-state index contributed by atoms with van der Waals surface area (Å²) < 4.78 is 0. The molecule has 0 spiro atoms. The van der Waals surface area contributed by atoms with Gasteiger partial charge in [0.25, 0.3) is 0 Å². The molecule has 0 saturated carbocycles. The molecule has 1 heterocycles. The minimum absolute atomic E-state index is 0.363. The zero-order valence-corrected chi connectivity index (χ0v) is 11.6. The van der Waals surface area contributed by atoms with Gasteiger partial charge < -0.3 is 5.32 Å². The fraction of sp³-hybridized carbons (Fsp3) is 0.154. The fourth-order valence-corrected chi connectivity index (χ4v) is 1.88. The number of anilines is 2. The topological polar surface area (TPSA) is 61.6 Å². The van der Waals surface area contributed by atoms with Crippen molar-refractivity contribution in [3.8, 4) is 6.07 Å². The van der Waals surface area contributed by atoms with Crippen LogP contribution < -0.4 is 5.32 Å². The van der Waals surface area contributed by atoms with Gasteiger partial charge in [0.05, 0.1) is 22.3 Å². The zero-order valence-electron chi connectivity index (χ0n) is 10.1. The van der Waals surface area contributed by atoms with Crippen LogP contribution in [-0.4, -0.2) is 9.97 Å². The average Bonchev–Trinajstić information content (AvgIpc) is 2.40. The summed E-state index contributed by atoms with van der Waals surface area (Å²) in [7, 11) is 0. The number of halogens is 2. The van der Waals surface area contributed by atoms with E-state index in [1.54, 1.807) is 24.3 Å². The normalized spacial score (nSPS) is 10.0. The van der Waals surface area contributed by atoms with Crippen molar-refractivity contribution in [1.29, 1.82) is 5.26 Å². The maximum atomic E-state index is 8.88. The van der Waals surface area contributed by atoms with E-state index in [2.05, 4.69) is 21.4 Å². The Kier molecular flexibility index (Phi) is 4.20. The third kappa shape index (κ3) is 3.34. The third-order valence-corrected chi connectivity index (χ3v) is 2.94. The van der Waals surface area contributed by atoms with Crippen LogP contribution >= 0.6 is 23.2 Å². The fourth-order valence-electron chi connectivity index (χ4n) is 1.52. The SMILES string of the molecule is CCc1nc(Cl)cc(Nc2cc(C#N)ccc2Cl)n1. The van der Waals surface area contributed by atoms with Crippen LogP contribution in [0.15, 0.2) is 24.3 Å². The van der Waals surface area contributed by atoms with Crippen LogP contribution in [0.4, 0.5) is 11.5 Å². The molecule has 6 heteroatoms. The number of hydrogen-bond acceptors (Lipinski definition) is 4. The summed E-state index contributed by atoms with van der Waals surface area (Å²) >= 11 is 12.0. The second kappa shape index (κ2) is 5.87. The van der Waals surface area contributed by atoms with Gasteiger partial charge in [0.1, 0.15) is 16.8 Å². The van der Waals surface area contributed by atoms with Crippen LogP contribution in [-0.2, 0) is 6.42 Å². The van der Waals surface area contributed by atoms with Gasteiger partial charge in [-0.15, -0.1) is 0 Å². The molecule has 4 nitrogen and oxygen atoms in total. The van der Waals surface area contributed by atoms with Crippen LogP contribution in [0.5, 0.6) is 0 Å². The molecular formula is C13H10Cl2N4. The van der Waals surface area contributed by atoms with Crippen LogP contribution in [0.3, 0.4) is 0 Å². The van der Waals surface area contributed by atoms with E-state index in [4.69, 9.17) is 28.5 Å². The quantitative estimate of drug-likeness (QED) is 0.870.